The number of carbonyl (C=O) groups excluding carboxylic acids is 1. The van der Waals surface area contributed by atoms with Crippen LogP contribution in [0.5, 0.6) is 0 Å². The van der Waals surface area contributed by atoms with Crippen molar-refractivity contribution in [3.63, 3.8) is 0 Å². The minimum atomic E-state index is -0.346. The number of oxime groups is 2. The molecule has 0 atom stereocenters. The number of nitrogens with one attached hydrogen (secondary N) is 1. The molecular formula is C22H22IN3O3. The lowest BCUT2D eigenvalue weighted by Crippen LogP contribution is -2.29. The summed E-state index contributed by atoms with van der Waals surface area (Å²) < 4.78 is 1.08. The van der Waals surface area contributed by atoms with Gasteiger partial charge in [-0.15, -0.1) is 0 Å². The van der Waals surface area contributed by atoms with Gasteiger partial charge in [0, 0.05) is 27.3 Å². The van der Waals surface area contributed by atoms with Crippen molar-refractivity contribution in [3.8, 4) is 11.8 Å². The van der Waals surface area contributed by atoms with Gasteiger partial charge in [0.05, 0.1) is 0 Å². The average molecular weight is 503 g/mol. The molecule has 2 rings (SSSR count). The number of aryl methyl sites for hydroxylation is 1. The van der Waals surface area contributed by atoms with E-state index in [1.807, 2.05) is 43.3 Å². The van der Waals surface area contributed by atoms with Gasteiger partial charge in [0.25, 0.3) is 5.91 Å². The predicted molar refractivity (Wildman–Crippen MR) is 123 cm³/mol. The first-order valence-electron chi connectivity index (χ1n) is 8.83. The van der Waals surface area contributed by atoms with Gasteiger partial charge in [-0.3, -0.25) is 4.79 Å². The van der Waals surface area contributed by atoms with E-state index in [0.29, 0.717) is 11.3 Å². The fourth-order valence-corrected chi connectivity index (χ4v) is 3.00. The quantitative estimate of drug-likeness (QED) is 0.283. The molecule has 2 aromatic rings. The van der Waals surface area contributed by atoms with Crippen LogP contribution in [0.4, 0.5) is 0 Å². The molecule has 2 aromatic carbocycles. The number of amides is 1. The minimum absolute atomic E-state index is 0.170. The standard InChI is InChI=1S/C22H22IN3O3/c1-15-8-7-10-18(21(26-28-4)22(27)24-3)19(15)14-29-25-16(2)12-13-17-9-5-6-11-20(17)23/h5-11H,14H2,1-4H3,(H,24,27)/b25-16+,26-21+. The second-order valence-electron chi connectivity index (χ2n) is 5.98. The van der Waals surface area contributed by atoms with Crippen LogP contribution in [0.25, 0.3) is 0 Å². The van der Waals surface area contributed by atoms with E-state index < -0.39 is 0 Å². The van der Waals surface area contributed by atoms with Crippen molar-refractivity contribution in [2.45, 2.75) is 20.5 Å². The number of nitrogens with zero attached hydrogens (tertiary/aromatic N) is 2. The van der Waals surface area contributed by atoms with E-state index in [9.17, 15) is 4.79 Å². The fraction of sp³-hybridized carbons (Fsp3) is 0.227. The number of benzene rings is 2. The Labute approximate surface area is 184 Å². The van der Waals surface area contributed by atoms with Gasteiger partial charge in [0.1, 0.15) is 19.4 Å². The van der Waals surface area contributed by atoms with Crippen molar-refractivity contribution in [1.29, 1.82) is 0 Å². The molecule has 0 radical (unpaired) electrons. The summed E-state index contributed by atoms with van der Waals surface area (Å²) in [7, 11) is 2.94. The van der Waals surface area contributed by atoms with Crippen LogP contribution in [0.3, 0.4) is 0 Å². The monoisotopic (exact) mass is 503 g/mol. The van der Waals surface area contributed by atoms with Gasteiger partial charge < -0.3 is 15.0 Å². The van der Waals surface area contributed by atoms with Crippen LogP contribution in [0.2, 0.25) is 0 Å². The summed E-state index contributed by atoms with van der Waals surface area (Å²) in [5.74, 6) is 5.73. The van der Waals surface area contributed by atoms with Gasteiger partial charge in [-0.2, -0.15) is 0 Å². The van der Waals surface area contributed by atoms with E-state index >= 15 is 0 Å². The first-order chi connectivity index (χ1) is 14.0. The summed E-state index contributed by atoms with van der Waals surface area (Å²) in [4.78, 5) is 22.5. The van der Waals surface area contributed by atoms with E-state index in [4.69, 9.17) is 9.68 Å². The van der Waals surface area contributed by atoms with Gasteiger partial charge >= 0.3 is 0 Å². The summed E-state index contributed by atoms with van der Waals surface area (Å²) in [5, 5.41) is 10.5. The first-order valence-corrected chi connectivity index (χ1v) is 9.91. The second-order valence-corrected chi connectivity index (χ2v) is 7.14. The molecule has 0 fully saturated rings. The lowest BCUT2D eigenvalue weighted by atomic mass is 9.98. The van der Waals surface area contributed by atoms with Crippen molar-refractivity contribution < 1.29 is 14.5 Å². The van der Waals surface area contributed by atoms with Gasteiger partial charge in [-0.25, -0.2) is 0 Å². The van der Waals surface area contributed by atoms with Crippen LogP contribution in [-0.2, 0) is 21.1 Å². The van der Waals surface area contributed by atoms with E-state index in [0.717, 1.165) is 20.3 Å². The Morgan fingerprint density at radius 1 is 1.17 bits per heavy atom. The Bertz CT molecular complexity index is 1000. The molecule has 0 spiro atoms. The molecule has 0 heterocycles. The van der Waals surface area contributed by atoms with Crippen LogP contribution in [0.1, 0.15) is 29.2 Å². The van der Waals surface area contributed by atoms with E-state index in [1.54, 1.807) is 20.0 Å². The van der Waals surface area contributed by atoms with Crippen molar-refractivity contribution in [2.24, 2.45) is 10.3 Å². The Hall–Kier alpha value is -2.86. The SMILES string of the molecule is CNC(=O)/C(=N/OC)c1cccc(C)c1CO/N=C(\C)C#Cc1ccccc1I. The fourth-order valence-electron chi connectivity index (χ4n) is 2.48. The average Bonchev–Trinajstić information content (AvgIpc) is 2.72. The summed E-state index contributed by atoms with van der Waals surface area (Å²) in [6, 6.07) is 13.5. The smallest absolute Gasteiger partial charge is 0.273 e. The highest BCUT2D eigenvalue weighted by atomic mass is 127. The third-order valence-electron chi connectivity index (χ3n) is 3.95. The van der Waals surface area contributed by atoms with Gasteiger partial charge in [0.2, 0.25) is 0 Å². The Morgan fingerprint density at radius 2 is 1.93 bits per heavy atom. The maximum atomic E-state index is 12.2. The molecule has 1 amide bonds. The van der Waals surface area contributed by atoms with Crippen molar-refractivity contribution in [2.75, 3.05) is 14.2 Å². The van der Waals surface area contributed by atoms with Crippen molar-refractivity contribution in [3.05, 3.63) is 68.3 Å². The number of carbonyl (C=O) groups is 1. The summed E-state index contributed by atoms with van der Waals surface area (Å²) in [6.45, 7) is 3.89. The molecule has 1 N–H and O–H groups in total. The molecule has 0 saturated heterocycles. The molecule has 150 valence electrons. The summed E-state index contributed by atoms with van der Waals surface area (Å²) in [5.41, 5.74) is 4.05. The van der Waals surface area contributed by atoms with E-state index in [1.165, 1.54) is 7.11 Å². The van der Waals surface area contributed by atoms with E-state index in [-0.39, 0.29) is 18.2 Å². The van der Waals surface area contributed by atoms with Crippen molar-refractivity contribution >= 4 is 39.9 Å². The molecule has 0 saturated carbocycles. The Kier molecular flexibility index (Phi) is 8.68. The highest BCUT2D eigenvalue weighted by Crippen LogP contribution is 2.17. The third kappa shape index (κ3) is 6.32. The predicted octanol–water partition coefficient (Wildman–Crippen LogP) is 3.64. The lowest BCUT2D eigenvalue weighted by molar-refractivity contribution is -0.114. The molecule has 0 aliphatic rings. The number of halogens is 1. The molecule has 7 heteroatoms. The lowest BCUT2D eigenvalue weighted by Gasteiger charge is -2.12. The maximum absolute atomic E-state index is 12.2. The molecule has 0 unspecified atom stereocenters. The van der Waals surface area contributed by atoms with Crippen molar-refractivity contribution in [1.82, 2.24) is 5.32 Å². The second kappa shape index (κ2) is 11.2. The van der Waals surface area contributed by atoms with Crippen LogP contribution >= 0.6 is 22.6 Å². The normalized spacial score (nSPS) is 11.3. The molecule has 6 nitrogen and oxygen atoms in total. The minimum Gasteiger partial charge on any atom is -0.398 e. The summed E-state index contributed by atoms with van der Waals surface area (Å²) in [6.07, 6.45) is 0. The van der Waals surface area contributed by atoms with Crippen LogP contribution < -0.4 is 5.32 Å². The molecule has 29 heavy (non-hydrogen) atoms. The van der Waals surface area contributed by atoms with Gasteiger partial charge in [-0.1, -0.05) is 46.6 Å². The highest BCUT2D eigenvalue weighted by Gasteiger charge is 2.19. The van der Waals surface area contributed by atoms with Crippen LogP contribution in [0, 0.1) is 22.3 Å². The van der Waals surface area contributed by atoms with Gasteiger partial charge in [-0.05, 0) is 60.1 Å². The zero-order valence-electron chi connectivity index (χ0n) is 16.7. The third-order valence-corrected chi connectivity index (χ3v) is 4.89. The molecule has 0 aromatic heterocycles. The zero-order chi connectivity index (χ0) is 21.2. The molecule has 0 aliphatic carbocycles. The first kappa shape index (κ1) is 22.4. The largest absolute Gasteiger partial charge is 0.398 e. The van der Waals surface area contributed by atoms with E-state index in [2.05, 4.69) is 50.1 Å². The number of hydrogen-bond donors (Lipinski definition) is 1. The van der Waals surface area contributed by atoms with Gasteiger partial charge in [0.15, 0.2) is 5.71 Å². The maximum Gasteiger partial charge on any atom is 0.273 e. The highest BCUT2D eigenvalue weighted by molar-refractivity contribution is 14.1. The van der Waals surface area contributed by atoms with Crippen LogP contribution in [0.15, 0.2) is 52.8 Å². The number of likely N-dealkylation sites (N-methyl/N-ethyl adjacent to an activating group) is 1. The molecular weight excluding hydrogens is 481 g/mol. The topological polar surface area (TPSA) is 72.3 Å². The Balaban J connectivity index is 2.21. The summed E-state index contributed by atoms with van der Waals surface area (Å²) >= 11 is 2.24. The molecule has 0 aliphatic heterocycles. The Morgan fingerprint density at radius 3 is 2.62 bits per heavy atom. The zero-order valence-corrected chi connectivity index (χ0v) is 18.9. The number of rotatable bonds is 6. The van der Waals surface area contributed by atoms with Crippen LogP contribution in [-0.4, -0.2) is 31.5 Å². The number of hydrogen-bond acceptors (Lipinski definition) is 5. The molecule has 0 bridgehead atoms.